The molecule has 1 aliphatic carbocycles. The molecule has 0 spiro atoms. The van der Waals surface area contributed by atoms with Gasteiger partial charge in [0.2, 0.25) is 0 Å². The van der Waals surface area contributed by atoms with Crippen LogP contribution in [0.2, 0.25) is 0 Å². The van der Waals surface area contributed by atoms with Gasteiger partial charge in [-0.15, -0.1) is 0 Å². The molecule has 0 radical (unpaired) electrons. The molecule has 1 rings (SSSR count). The molecule has 2 unspecified atom stereocenters. The van der Waals surface area contributed by atoms with Crippen molar-refractivity contribution in [2.24, 2.45) is 11.8 Å². The summed E-state index contributed by atoms with van der Waals surface area (Å²) in [7, 11) is 0. The minimum Gasteiger partial charge on any atom is -0.481 e. The van der Waals surface area contributed by atoms with Crippen LogP contribution in [0.3, 0.4) is 0 Å². The summed E-state index contributed by atoms with van der Waals surface area (Å²) < 4.78 is 0. The zero-order valence-electron chi connectivity index (χ0n) is 15.4. The average Bonchev–Trinajstić information content (AvgIpc) is 2.93. The van der Waals surface area contributed by atoms with Crippen molar-refractivity contribution in [3.05, 3.63) is 12.2 Å². The van der Waals surface area contributed by atoms with E-state index in [1.807, 2.05) is 13.0 Å². The zero-order chi connectivity index (χ0) is 18.7. The number of ketones is 1. The highest BCUT2D eigenvalue weighted by molar-refractivity contribution is 5.83. The monoisotopic (exact) mass is 354 g/mol. The van der Waals surface area contributed by atoms with Crippen molar-refractivity contribution < 1.29 is 24.9 Å². The number of aliphatic hydroxyl groups excluding tert-OH is 2. The molecule has 0 bridgehead atoms. The average molecular weight is 354 g/mol. The summed E-state index contributed by atoms with van der Waals surface area (Å²) in [5.41, 5.74) is 0. The summed E-state index contributed by atoms with van der Waals surface area (Å²) in [6.07, 6.45) is 10.3. The van der Waals surface area contributed by atoms with Crippen molar-refractivity contribution in [3.63, 3.8) is 0 Å². The highest BCUT2D eigenvalue weighted by atomic mass is 16.4. The lowest BCUT2D eigenvalue weighted by Crippen LogP contribution is -2.24. The van der Waals surface area contributed by atoms with E-state index >= 15 is 0 Å². The van der Waals surface area contributed by atoms with Gasteiger partial charge in [-0.1, -0.05) is 51.2 Å². The maximum absolute atomic E-state index is 12.1. The second-order valence-electron chi connectivity index (χ2n) is 7.21. The molecule has 5 nitrogen and oxygen atoms in total. The van der Waals surface area contributed by atoms with Crippen LogP contribution in [0.1, 0.15) is 77.6 Å². The number of carbonyl (C=O) groups is 2. The van der Waals surface area contributed by atoms with E-state index < -0.39 is 18.2 Å². The fraction of sp³-hybridized carbons (Fsp3) is 0.800. The maximum Gasteiger partial charge on any atom is 0.303 e. The lowest BCUT2D eigenvalue weighted by molar-refractivity contribution is -0.137. The fourth-order valence-corrected chi connectivity index (χ4v) is 3.50. The Morgan fingerprint density at radius 2 is 1.92 bits per heavy atom. The van der Waals surface area contributed by atoms with Gasteiger partial charge in [0, 0.05) is 18.8 Å². The van der Waals surface area contributed by atoms with Gasteiger partial charge in [-0.05, 0) is 31.6 Å². The molecular weight excluding hydrogens is 320 g/mol. The molecule has 1 fully saturated rings. The van der Waals surface area contributed by atoms with E-state index in [1.54, 1.807) is 6.08 Å². The first-order chi connectivity index (χ1) is 12.0. The van der Waals surface area contributed by atoms with Crippen molar-refractivity contribution in [3.8, 4) is 0 Å². The second-order valence-corrected chi connectivity index (χ2v) is 7.21. The van der Waals surface area contributed by atoms with E-state index in [-0.39, 0.29) is 18.3 Å². The number of aliphatic carboxylic acids is 1. The number of carboxylic acid groups (broad SMARTS) is 1. The molecule has 0 aromatic rings. The van der Waals surface area contributed by atoms with Crippen LogP contribution in [0.4, 0.5) is 0 Å². The number of carbonyl (C=O) groups excluding carboxylic acids is 1. The number of aliphatic hydroxyl groups is 2. The van der Waals surface area contributed by atoms with Gasteiger partial charge in [0.15, 0.2) is 0 Å². The maximum atomic E-state index is 12.1. The van der Waals surface area contributed by atoms with Crippen molar-refractivity contribution in [2.45, 2.75) is 89.8 Å². The Kier molecular flexibility index (Phi) is 10.7. The minimum atomic E-state index is -0.862. The third-order valence-corrected chi connectivity index (χ3v) is 5.11. The molecule has 25 heavy (non-hydrogen) atoms. The molecular formula is C20H34O5. The first kappa shape index (κ1) is 21.8. The highest BCUT2D eigenvalue weighted by Gasteiger charge is 2.32. The Hall–Kier alpha value is -1.20. The molecule has 4 atom stereocenters. The van der Waals surface area contributed by atoms with Gasteiger partial charge in [-0.3, -0.25) is 9.59 Å². The SMILES string of the molecule is CCCCC(O)C(O)C=C[C@H]1CCC(=O)[C@@H]1CCCCCCC(=O)O. The van der Waals surface area contributed by atoms with Crippen LogP contribution in [0.5, 0.6) is 0 Å². The summed E-state index contributed by atoms with van der Waals surface area (Å²) in [5, 5.41) is 28.5. The van der Waals surface area contributed by atoms with Gasteiger partial charge in [0.05, 0.1) is 12.2 Å². The van der Waals surface area contributed by atoms with E-state index in [0.29, 0.717) is 25.0 Å². The Labute approximate surface area is 151 Å². The van der Waals surface area contributed by atoms with Gasteiger partial charge in [-0.2, -0.15) is 0 Å². The number of allylic oxidation sites excluding steroid dienone is 1. The van der Waals surface area contributed by atoms with Crippen molar-refractivity contribution in [1.29, 1.82) is 0 Å². The molecule has 0 aromatic carbocycles. The van der Waals surface area contributed by atoms with E-state index in [9.17, 15) is 19.8 Å². The molecule has 144 valence electrons. The van der Waals surface area contributed by atoms with Gasteiger partial charge in [0.1, 0.15) is 5.78 Å². The smallest absolute Gasteiger partial charge is 0.303 e. The number of rotatable bonds is 13. The molecule has 0 aliphatic heterocycles. The summed E-state index contributed by atoms with van der Waals surface area (Å²) in [4.78, 5) is 22.6. The van der Waals surface area contributed by atoms with Crippen molar-refractivity contribution in [1.82, 2.24) is 0 Å². The Bertz CT molecular complexity index is 432. The van der Waals surface area contributed by atoms with Crippen LogP contribution in [0.25, 0.3) is 0 Å². The predicted molar refractivity (Wildman–Crippen MR) is 97.2 cm³/mol. The predicted octanol–water partition coefficient (Wildman–Crippen LogP) is 3.48. The number of carboxylic acids is 1. The minimum absolute atomic E-state index is 0.00992. The Morgan fingerprint density at radius 1 is 1.20 bits per heavy atom. The van der Waals surface area contributed by atoms with Crippen LogP contribution in [-0.4, -0.2) is 39.3 Å². The molecule has 0 heterocycles. The fourth-order valence-electron chi connectivity index (χ4n) is 3.50. The quantitative estimate of drug-likeness (QED) is 0.348. The highest BCUT2D eigenvalue weighted by Crippen LogP contribution is 2.34. The van der Waals surface area contributed by atoms with E-state index in [2.05, 4.69) is 0 Å². The number of hydrogen-bond acceptors (Lipinski definition) is 4. The van der Waals surface area contributed by atoms with Gasteiger partial charge in [-0.25, -0.2) is 0 Å². The van der Waals surface area contributed by atoms with Gasteiger partial charge >= 0.3 is 5.97 Å². The van der Waals surface area contributed by atoms with Crippen LogP contribution in [0.15, 0.2) is 12.2 Å². The first-order valence-corrected chi connectivity index (χ1v) is 9.74. The van der Waals surface area contributed by atoms with E-state index in [1.165, 1.54) is 0 Å². The topological polar surface area (TPSA) is 94.8 Å². The van der Waals surface area contributed by atoms with E-state index in [0.717, 1.165) is 44.9 Å². The van der Waals surface area contributed by atoms with E-state index in [4.69, 9.17) is 5.11 Å². The number of unbranched alkanes of at least 4 members (excludes halogenated alkanes) is 4. The third-order valence-electron chi connectivity index (χ3n) is 5.11. The first-order valence-electron chi connectivity index (χ1n) is 9.74. The standard InChI is InChI=1S/C20H34O5/c1-2-3-9-18(22)19(23)14-12-15-11-13-17(21)16(15)8-6-4-5-7-10-20(24)25/h12,14-16,18-19,22-23H,2-11,13H2,1H3,(H,24,25)/t15-,16-,18?,19?/m1/s1. The zero-order valence-corrected chi connectivity index (χ0v) is 15.4. The molecule has 0 amide bonds. The van der Waals surface area contributed by atoms with Crippen LogP contribution in [-0.2, 0) is 9.59 Å². The van der Waals surface area contributed by atoms with Crippen LogP contribution in [0, 0.1) is 11.8 Å². The summed E-state index contributed by atoms with van der Waals surface area (Å²) in [6.45, 7) is 2.05. The van der Waals surface area contributed by atoms with Crippen molar-refractivity contribution in [2.75, 3.05) is 0 Å². The molecule has 0 aromatic heterocycles. The summed E-state index contributed by atoms with van der Waals surface area (Å²) in [5.74, 6) is -0.299. The second kappa shape index (κ2) is 12.2. The van der Waals surface area contributed by atoms with Gasteiger partial charge < -0.3 is 15.3 Å². The van der Waals surface area contributed by atoms with Crippen LogP contribution >= 0.6 is 0 Å². The molecule has 0 saturated heterocycles. The Morgan fingerprint density at radius 3 is 2.60 bits per heavy atom. The van der Waals surface area contributed by atoms with Crippen LogP contribution < -0.4 is 0 Å². The molecule has 1 aliphatic rings. The van der Waals surface area contributed by atoms with Crippen molar-refractivity contribution >= 4 is 11.8 Å². The molecule has 1 saturated carbocycles. The summed E-state index contributed by atoms with van der Waals surface area (Å²) >= 11 is 0. The summed E-state index contributed by atoms with van der Waals surface area (Å²) in [6, 6.07) is 0. The largest absolute Gasteiger partial charge is 0.481 e. The Balaban J connectivity index is 2.36. The normalized spacial score (nSPS) is 23.2. The third kappa shape index (κ3) is 8.63. The molecule has 3 N–H and O–H groups in total. The molecule has 5 heteroatoms. The lowest BCUT2D eigenvalue weighted by atomic mass is 9.89. The number of Topliss-reactive ketones (excluding diaryl/α,β-unsaturated/α-hetero) is 1. The lowest BCUT2D eigenvalue weighted by Gasteiger charge is -2.17. The number of hydrogen-bond donors (Lipinski definition) is 3. The van der Waals surface area contributed by atoms with Gasteiger partial charge in [0.25, 0.3) is 0 Å².